The highest BCUT2D eigenvalue weighted by atomic mass is 79.9. The van der Waals surface area contributed by atoms with E-state index >= 15 is 0 Å². The van der Waals surface area contributed by atoms with Gasteiger partial charge in [0.05, 0.1) is 16.9 Å². The first kappa shape index (κ1) is 7.89. The van der Waals surface area contributed by atoms with Crippen LogP contribution in [0.2, 0.25) is 0 Å². The summed E-state index contributed by atoms with van der Waals surface area (Å²) < 4.78 is 1.03. The molecule has 0 saturated heterocycles. The fourth-order valence-electron chi connectivity index (χ4n) is 0.884. The minimum atomic E-state index is 0.908. The van der Waals surface area contributed by atoms with Crippen molar-refractivity contribution in [2.45, 2.75) is 0 Å². The van der Waals surface area contributed by atoms with Gasteiger partial charge in [0.1, 0.15) is 0 Å². The van der Waals surface area contributed by atoms with Gasteiger partial charge in [-0.25, -0.2) is 4.98 Å². The highest BCUT2D eigenvalue weighted by Crippen LogP contribution is 2.19. The largest absolute Gasteiger partial charge is 0.255 e. The second-order valence-electron chi connectivity index (χ2n) is 2.23. The van der Waals surface area contributed by atoms with Gasteiger partial charge < -0.3 is 0 Å². The third-order valence-electron chi connectivity index (χ3n) is 1.42. The molecule has 2 aromatic heterocycles. The molecule has 0 atom stereocenters. The molecule has 0 amide bonds. The third-order valence-corrected chi connectivity index (χ3v) is 2.50. The second-order valence-corrected chi connectivity index (χ2v) is 3.87. The molecule has 0 unspecified atom stereocenters. The summed E-state index contributed by atoms with van der Waals surface area (Å²) in [6.45, 7) is 0. The number of aromatic nitrogens is 2. The summed E-state index contributed by atoms with van der Waals surface area (Å²) in [6.07, 6.45) is 1.76. The van der Waals surface area contributed by atoms with Gasteiger partial charge in [0.25, 0.3) is 0 Å². The number of halogens is 1. The van der Waals surface area contributed by atoms with Crippen LogP contribution in [0.4, 0.5) is 0 Å². The maximum atomic E-state index is 4.20. The van der Waals surface area contributed by atoms with Gasteiger partial charge in [0.2, 0.25) is 0 Å². The molecule has 0 spiro atoms. The lowest BCUT2D eigenvalue weighted by Gasteiger charge is -1.94. The van der Waals surface area contributed by atoms with E-state index < -0.39 is 0 Å². The molecule has 0 aliphatic rings. The van der Waals surface area contributed by atoms with Crippen LogP contribution in [0.15, 0.2) is 33.7 Å². The van der Waals surface area contributed by atoms with Gasteiger partial charge >= 0.3 is 0 Å². The van der Waals surface area contributed by atoms with E-state index in [4.69, 9.17) is 0 Å². The summed E-state index contributed by atoms with van der Waals surface area (Å²) in [5.41, 5.74) is 3.64. The van der Waals surface area contributed by atoms with Crippen LogP contribution in [-0.4, -0.2) is 9.97 Å². The zero-order valence-electron chi connectivity index (χ0n) is 6.07. The Hall–Kier alpha value is -0.740. The summed E-state index contributed by atoms with van der Waals surface area (Å²) in [5, 5.41) is 1.98. The van der Waals surface area contributed by atoms with Gasteiger partial charge in [-0.15, -0.1) is 11.3 Å². The predicted molar refractivity (Wildman–Crippen MR) is 53.0 cm³/mol. The first-order valence-corrected chi connectivity index (χ1v) is 5.10. The van der Waals surface area contributed by atoms with Gasteiger partial charge in [-0.2, -0.15) is 0 Å². The Morgan fingerprint density at radius 2 is 2.17 bits per heavy atom. The van der Waals surface area contributed by atoms with E-state index in [1.807, 2.05) is 17.5 Å². The summed E-state index contributed by atoms with van der Waals surface area (Å²) in [4.78, 5) is 8.36. The monoisotopic (exact) mass is 240 g/mol. The van der Waals surface area contributed by atoms with Crippen LogP contribution in [0.5, 0.6) is 0 Å². The normalized spacial score (nSPS) is 10.1. The fourth-order valence-corrected chi connectivity index (χ4v) is 1.76. The number of rotatable bonds is 1. The molecule has 0 aliphatic heterocycles. The fraction of sp³-hybridized carbons (Fsp3) is 0. The van der Waals surface area contributed by atoms with Gasteiger partial charge in [0, 0.05) is 16.0 Å². The van der Waals surface area contributed by atoms with Crippen LogP contribution in [0.3, 0.4) is 0 Å². The molecule has 2 heterocycles. The quantitative estimate of drug-likeness (QED) is 0.767. The molecular weight excluding hydrogens is 236 g/mol. The van der Waals surface area contributed by atoms with E-state index in [2.05, 4.69) is 25.9 Å². The number of pyridine rings is 1. The summed E-state index contributed by atoms with van der Waals surface area (Å²) in [6, 6.07) is 3.85. The smallest absolute Gasteiger partial charge is 0.0995 e. The SMILES string of the molecule is Brc1ccnc(-c2cscn2)c1. The average molecular weight is 241 g/mol. The lowest BCUT2D eigenvalue weighted by Crippen LogP contribution is -1.81. The van der Waals surface area contributed by atoms with Crippen LogP contribution in [-0.2, 0) is 0 Å². The molecule has 0 N–H and O–H groups in total. The molecule has 2 rings (SSSR count). The number of hydrogen-bond acceptors (Lipinski definition) is 3. The summed E-state index contributed by atoms with van der Waals surface area (Å²) in [5.74, 6) is 0. The zero-order valence-corrected chi connectivity index (χ0v) is 8.47. The van der Waals surface area contributed by atoms with Crippen LogP contribution in [0, 0.1) is 0 Å². The van der Waals surface area contributed by atoms with Gasteiger partial charge in [-0.3, -0.25) is 4.98 Å². The maximum absolute atomic E-state index is 4.20. The molecule has 0 aromatic carbocycles. The first-order valence-electron chi connectivity index (χ1n) is 3.36. The Morgan fingerprint density at radius 3 is 2.83 bits per heavy atom. The van der Waals surface area contributed by atoms with E-state index in [9.17, 15) is 0 Å². The minimum Gasteiger partial charge on any atom is -0.255 e. The van der Waals surface area contributed by atoms with Crippen molar-refractivity contribution in [3.8, 4) is 11.4 Å². The molecule has 0 fully saturated rings. The van der Waals surface area contributed by atoms with Crippen LogP contribution >= 0.6 is 27.3 Å². The number of nitrogens with zero attached hydrogens (tertiary/aromatic N) is 2. The Morgan fingerprint density at radius 1 is 1.25 bits per heavy atom. The van der Waals surface area contributed by atoms with E-state index in [0.717, 1.165) is 15.9 Å². The van der Waals surface area contributed by atoms with Crippen molar-refractivity contribution >= 4 is 27.3 Å². The van der Waals surface area contributed by atoms with Crippen molar-refractivity contribution in [1.29, 1.82) is 0 Å². The zero-order chi connectivity index (χ0) is 8.39. The molecule has 12 heavy (non-hydrogen) atoms. The van der Waals surface area contributed by atoms with Gasteiger partial charge in [-0.05, 0) is 12.1 Å². The average Bonchev–Trinajstić information content (AvgIpc) is 2.56. The molecule has 2 aromatic rings. The van der Waals surface area contributed by atoms with Crippen molar-refractivity contribution in [3.05, 3.63) is 33.7 Å². The highest BCUT2D eigenvalue weighted by molar-refractivity contribution is 9.10. The van der Waals surface area contributed by atoms with E-state index in [-0.39, 0.29) is 0 Å². The molecule has 0 bridgehead atoms. The number of hydrogen-bond donors (Lipinski definition) is 0. The Kier molecular flexibility index (Phi) is 2.19. The molecule has 0 aliphatic carbocycles. The van der Waals surface area contributed by atoms with Crippen LogP contribution < -0.4 is 0 Å². The molecule has 4 heteroatoms. The Bertz CT molecular complexity index is 372. The maximum Gasteiger partial charge on any atom is 0.0995 e. The molecule has 2 nitrogen and oxygen atoms in total. The molecule has 0 saturated carbocycles. The van der Waals surface area contributed by atoms with Gasteiger partial charge in [-0.1, -0.05) is 15.9 Å². The van der Waals surface area contributed by atoms with E-state index in [1.165, 1.54) is 0 Å². The van der Waals surface area contributed by atoms with Crippen molar-refractivity contribution in [2.75, 3.05) is 0 Å². The highest BCUT2D eigenvalue weighted by Gasteiger charge is 2.00. The van der Waals surface area contributed by atoms with Crippen molar-refractivity contribution < 1.29 is 0 Å². The van der Waals surface area contributed by atoms with Crippen molar-refractivity contribution in [2.24, 2.45) is 0 Å². The van der Waals surface area contributed by atoms with Crippen LogP contribution in [0.25, 0.3) is 11.4 Å². The predicted octanol–water partition coefficient (Wildman–Crippen LogP) is 2.97. The molecular formula is C8H5BrN2S. The Labute approximate surface area is 82.4 Å². The van der Waals surface area contributed by atoms with E-state index in [1.54, 1.807) is 23.0 Å². The molecule has 0 radical (unpaired) electrons. The van der Waals surface area contributed by atoms with Crippen molar-refractivity contribution in [1.82, 2.24) is 9.97 Å². The Balaban J connectivity index is 2.48. The lowest BCUT2D eigenvalue weighted by molar-refractivity contribution is 1.27. The topological polar surface area (TPSA) is 25.8 Å². The van der Waals surface area contributed by atoms with Crippen LogP contribution in [0.1, 0.15) is 0 Å². The molecule has 60 valence electrons. The van der Waals surface area contributed by atoms with Gasteiger partial charge in [0.15, 0.2) is 0 Å². The standard InChI is InChI=1S/C8H5BrN2S/c9-6-1-2-10-7(3-6)8-4-12-5-11-8/h1-5H. The number of thiazole rings is 1. The second kappa shape index (κ2) is 3.33. The lowest BCUT2D eigenvalue weighted by atomic mass is 10.3. The van der Waals surface area contributed by atoms with E-state index in [0.29, 0.717) is 0 Å². The third kappa shape index (κ3) is 1.54. The minimum absolute atomic E-state index is 0.908. The summed E-state index contributed by atoms with van der Waals surface area (Å²) >= 11 is 4.96. The van der Waals surface area contributed by atoms with Crippen molar-refractivity contribution in [3.63, 3.8) is 0 Å². The first-order chi connectivity index (χ1) is 5.86. The summed E-state index contributed by atoms with van der Waals surface area (Å²) in [7, 11) is 0.